The summed E-state index contributed by atoms with van der Waals surface area (Å²) < 4.78 is 0. The van der Waals surface area contributed by atoms with Crippen molar-refractivity contribution in [1.82, 2.24) is 5.32 Å². The average molecular weight is 393 g/mol. The number of hydrogen-bond acceptors (Lipinski definition) is 4. The lowest BCUT2D eigenvalue weighted by atomic mass is 9.95. The first-order chi connectivity index (χ1) is 13.1. The van der Waals surface area contributed by atoms with Crippen LogP contribution in [0.4, 0.5) is 0 Å². The zero-order valence-corrected chi connectivity index (χ0v) is 17.9. The van der Waals surface area contributed by atoms with Crippen molar-refractivity contribution in [3.63, 3.8) is 0 Å². The molecular formula is C22H36N2O4. The molecule has 0 aliphatic rings. The van der Waals surface area contributed by atoms with E-state index < -0.39 is 18.1 Å². The summed E-state index contributed by atoms with van der Waals surface area (Å²) in [6, 6.07) is -1.74. The Balaban J connectivity index is 4.74. The summed E-state index contributed by atoms with van der Waals surface area (Å²) in [6.45, 7) is 9.35. The molecule has 0 saturated heterocycles. The Morgan fingerprint density at radius 1 is 0.964 bits per heavy atom. The lowest BCUT2D eigenvalue weighted by molar-refractivity contribution is -0.137. The molecule has 0 aliphatic carbocycles. The number of allylic oxidation sites excluding steroid dienone is 5. The maximum absolute atomic E-state index is 12.6. The second-order valence-corrected chi connectivity index (χ2v) is 7.28. The van der Waals surface area contributed by atoms with Crippen LogP contribution in [0.15, 0.2) is 34.9 Å². The number of nitrogens with one attached hydrogen (secondary N) is 1. The highest BCUT2D eigenvalue weighted by molar-refractivity contribution is 5.94. The Morgan fingerprint density at radius 2 is 1.54 bits per heavy atom. The highest BCUT2D eigenvalue weighted by Gasteiger charge is 2.26. The summed E-state index contributed by atoms with van der Waals surface area (Å²) in [6.07, 6.45) is 9.87. The largest absolute Gasteiger partial charge is 0.481 e. The van der Waals surface area contributed by atoms with E-state index in [1.807, 2.05) is 13.0 Å². The fraction of sp³-hybridized carbons (Fsp3) is 0.591. The second-order valence-electron chi connectivity index (χ2n) is 7.28. The molecule has 158 valence electrons. The molecule has 1 amide bonds. The third-order valence-corrected chi connectivity index (χ3v) is 4.69. The van der Waals surface area contributed by atoms with Crippen molar-refractivity contribution in [2.75, 3.05) is 0 Å². The molecule has 6 nitrogen and oxygen atoms in total. The van der Waals surface area contributed by atoms with E-state index in [1.165, 1.54) is 18.1 Å². The van der Waals surface area contributed by atoms with Gasteiger partial charge in [0.1, 0.15) is 0 Å². The number of rotatable bonds is 13. The van der Waals surface area contributed by atoms with Gasteiger partial charge >= 0.3 is 5.97 Å². The maximum Gasteiger partial charge on any atom is 0.303 e. The van der Waals surface area contributed by atoms with Gasteiger partial charge in [-0.1, -0.05) is 34.9 Å². The molecule has 0 spiro atoms. The molecule has 2 atom stereocenters. The van der Waals surface area contributed by atoms with Gasteiger partial charge in [-0.2, -0.15) is 0 Å². The third kappa shape index (κ3) is 11.5. The topological polar surface area (TPSA) is 109 Å². The van der Waals surface area contributed by atoms with Gasteiger partial charge in [0.05, 0.1) is 12.1 Å². The number of carboxylic acid groups (broad SMARTS) is 1. The number of carbonyl (C=O) groups is 3. The molecule has 28 heavy (non-hydrogen) atoms. The number of ketones is 1. The standard InChI is InChI=1S/C22H36N2O4/c1-6-15(2)9-7-10-16(3)11-8-12-17(4)21(23)22(28)19(24-18(5)25)13-14-20(26)27/h6,10,12,19,21H,7-9,11,13-14,23H2,1-5H3,(H,24,25)(H,26,27). The number of Topliss-reactive ketones (excluding diaryl/α,β-unsaturated/α-hetero) is 1. The summed E-state index contributed by atoms with van der Waals surface area (Å²) in [4.78, 5) is 34.7. The second kappa shape index (κ2) is 13.9. The number of hydrogen-bond donors (Lipinski definition) is 3. The summed E-state index contributed by atoms with van der Waals surface area (Å²) in [5.74, 6) is -1.76. The predicted molar refractivity (Wildman–Crippen MR) is 113 cm³/mol. The van der Waals surface area contributed by atoms with Crippen LogP contribution in [-0.4, -0.2) is 34.8 Å². The van der Waals surface area contributed by atoms with Crippen LogP contribution >= 0.6 is 0 Å². The lowest BCUT2D eigenvalue weighted by Gasteiger charge is -2.20. The lowest BCUT2D eigenvalue weighted by Crippen LogP contribution is -2.48. The highest BCUT2D eigenvalue weighted by Crippen LogP contribution is 2.13. The average Bonchev–Trinajstić information content (AvgIpc) is 2.63. The van der Waals surface area contributed by atoms with E-state index in [0.29, 0.717) is 0 Å². The van der Waals surface area contributed by atoms with Gasteiger partial charge in [-0.05, 0) is 59.8 Å². The van der Waals surface area contributed by atoms with Gasteiger partial charge in [0.25, 0.3) is 0 Å². The van der Waals surface area contributed by atoms with E-state index in [-0.39, 0.29) is 24.5 Å². The smallest absolute Gasteiger partial charge is 0.303 e. The van der Waals surface area contributed by atoms with Gasteiger partial charge in [0, 0.05) is 13.3 Å². The molecule has 0 saturated carbocycles. The summed E-state index contributed by atoms with van der Waals surface area (Å²) in [5.41, 5.74) is 9.45. The molecule has 2 unspecified atom stereocenters. The molecule has 0 bridgehead atoms. The van der Waals surface area contributed by atoms with E-state index in [4.69, 9.17) is 10.8 Å². The highest BCUT2D eigenvalue weighted by atomic mass is 16.4. The Morgan fingerprint density at radius 3 is 2.07 bits per heavy atom. The minimum Gasteiger partial charge on any atom is -0.481 e. The van der Waals surface area contributed by atoms with Crippen LogP contribution < -0.4 is 11.1 Å². The van der Waals surface area contributed by atoms with Gasteiger partial charge in [-0.15, -0.1) is 0 Å². The Bertz CT molecular complexity index is 632. The molecule has 0 heterocycles. The van der Waals surface area contributed by atoms with E-state index in [2.05, 4.69) is 31.3 Å². The van der Waals surface area contributed by atoms with Crippen LogP contribution in [-0.2, 0) is 14.4 Å². The number of carbonyl (C=O) groups excluding carboxylic acids is 2. The van der Waals surface area contributed by atoms with Crippen molar-refractivity contribution >= 4 is 17.7 Å². The molecular weight excluding hydrogens is 356 g/mol. The van der Waals surface area contributed by atoms with Crippen molar-refractivity contribution in [2.45, 2.75) is 85.2 Å². The van der Waals surface area contributed by atoms with Gasteiger partial charge in [0.2, 0.25) is 5.91 Å². The number of aliphatic carboxylic acids is 1. The van der Waals surface area contributed by atoms with Crippen LogP contribution in [0.3, 0.4) is 0 Å². The van der Waals surface area contributed by atoms with Crippen LogP contribution in [0.1, 0.15) is 73.1 Å². The van der Waals surface area contributed by atoms with Crippen LogP contribution in [0, 0.1) is 0 Å². The minimum absolute atomic E-state index is 0.0300. The van der Waals surface area contributed by atoms with E-state index in [0.717, 1.165) is 31.3 Å². The quantitative estimate of drug-likeness (QED) is 0.414. The van der Waals surface area contributed by atoms with Crippen LogP contribution in [0.2, 0.25) is 0 Å². The van der Waals surface area contributed by atoms with Crippen molar-refractivity contribution in [3.05, 3.63) is 34.9 Å². The molecule has 0 radical (unpaired) electrons. The fourth-order valence-electron chi connectivity index (χ4n) is 2.69. The molecule has 0 rings (SSSR count). The molecule has 0 aromatic carbocycles. The Hall–Kier alpha value is -2.21. The first kappa shape index (κ1) is 25.8. The maximum atomic E-state index is 12.6. The van der Waals surface area contributed by atoms with Crippen molar-refractivity contribution < 1.29 is 19.5 Å². The molecule has 0 fully saturated rings. The predicted octanol–water partition coefficient (Wildman–Crippen LogP) is 3.67. The number of carboxylic acids is 1. The van der Waals surface area contributed by atoms with Crippen molar-refractivity contribution in [1.29, 1.82) is 0 Å². The summed E-state index contributed by atoms with van der Waals surface area (Å²) in [7, 11) is 0. The number of nitrogens with two attached hydrogens (primary N) is 1. The van der Waals surface area contributed by atoms with Gasteiger partial charge < -0.3 is 16.2 Å². The van der Waals surface area contributed by atoms with Gasteiger partial charge in [-0.25, -0.2) is 0 Å². The zero-order valence-electron chi connectivity index (χ0n) is 17.9. The van der Waals surface area contributed by atoms with E-state index >= 15 is 0 Å². The molecule has 4 N–H and O–H groups in total. The van der Waals surface area contributed by atoms with Crippen LogP contribution in [0.25, 0.3) is 0 Å². The molecule has 0 aliphatic heterocycles. The SMILES string of the molecule is CC=C(C)CCC=C(C)CCC=C(C)C(N)C(=O)C(CCC(=O)O)NC(C)=O. The van der Waals surface area contributed by atoms with Crippen molar-refractivity contribution in [2.24, 2.45) is 5.73 Å². The Kier molecular flexibility index (Phi) is 12.8. The van der Waals surface area contributed by atoms with Crippen molar-refractivity contribution in [3.8, 4) is 0 Å². The number of amides is 1. The first-order valence-electron chi connectivity index (χ1n) is 9.80. The van der Waals surface area contributed by atoms with E-state index in [9.17, 15) is 14.4 Å². The first-order valence-corrected chi connectivity index (χ1v) is 9.80. The monoisotopic (exact) mass is 392 g/mol. The normalized spacial score (nSPS) is 15.1. The zero-order chi connectivity index (χ0) is 21.7. The molecule has 0 aromatic rings. The third-order valence-electron chi connectivity index (χ3n) is 4.69. The molecule has 0 aromatic heterocycles. The Labute approximate surface area is 169 Å². The summed E-state index contributed by atoms with van der Waals surface area (Å²) in [5, 5.41) is 11.3. The van der Waals surface area contributed by atoms with Gasteiger partial charge in [0.15, 0.2) is 5.78 Å². The summed E-state index contributed by atoms with van der Waals surface area (Å²) >= 11 is 0. The van der Waals surface area contributed by atoms with E-state index in [1.54, 1.807) is 6.92 Å². The molecule has 6 heteroatoms. The van der Waals surface area contributed by atoms with Crippen LogP contribution in [0.5, 0.6) is 0 Å². The van der Waals surface area contributed by atoms with Gasteiger partial charge in [-0.3, -0.25) is 14.4 Å². The minimum atomic E-state index is -1.02. The fourth-order valence-corrected chi connectivity index (χ4v) is 2.69.